The third-order valence-electron chi connectivity index (χ3n) is 4.95. The Morgan fingerprint density at radius 3 is 2.72 bits per heavy atom. The molecule has 0 spiro atoms. The molecule has 7 nitrogen and oxygen atoms in total. The molecule has 0 bridgehead atoms. The predicted octanol–water partition coefficient (Wildman–Crippen LogP) is 4.97. The number of halogens is 1. The molecular weight excluding hydrogens is 448 g/mol. The molecule has 32 heavy (non-hydrogen) atoms. The van der Waals surface area contributed by atoms with Gasteiger partial charge in [0, 0.05) is 30.5 Å². The maximum Gasteiger partial charge on any atom is 0.266 e. The van der Waals surface area contributed by atoms with Crippen molar-refractivity contribution in [1.29, 1.82) is 0 Å². The zero-order valence-corrected chi connectivity index (χ0v) is 19.4. The van der Waals surface area contributed by atoms with Crippen molar-refractivity contribution in [3.8, 4) is 11.5 Å². The molecule has 9 heteroatoms. The van der Waals surface area contributed by atoms with Gasteiger partial charge in [-0.1, -0.05) is 22.9 Å². The summed E-state index contributed by atoms with van der Waals surface area (Å²) in [5, 5.41) is 1.30. The average Bonchev–Trinajstić information content (AvgIpc) is 3.45. The lowest BCUT2D eigenvalue weighted by Crippen LogP contribution is -2.36. The van der Waals surface area contributed by atoms with Crippen LogP contribution in [0.2, 0.25) is 5.02 Å². The lowest BCUT2D eigenvalue weighted by molar-refractivity contribution is -0.120. The van der Waals surface area contributed by atoms with Gasteiger partial charge in [-0.15, -0.1) is 0 Å². The van der Waals surface area contributed by atoms with E-state index in [1.807, 2.05) is 29.8 Å². The summed E-state index contributed by atoms with van der Waals surface area (Å²) in [7, 11) is 1.61. The van der Waals surface area contributed by atoms with Gasteiger partial charge in [0.25, 0.3) is 5.91 Å². The Labute approximate surface area is 195 Å². The lowest BCUT2D eigenvalue weighted by Gasteiger charge is -2.20. The van der Waals surface area contributed by atoms with E-state index >= 15 is 0 Å². The van der Waals surface area contributed by atoms with Crippen molar-refractivity contribution in [2.24, 2.45) is 0 Å². The second-order valence-electron chi connectivity index (χ2n) is 7.23. The molecule has 0 aliphatic rings. The number of methoxy groups -OCH3 is 1. The molecule has 2 aromatic heterocycles. The molecule has 0 atom stereocenters. The largest absolute Gasteiger partial charge is 0.497 e. The molecule has 0 N–H and O–H groups in total. The summed E-state index contributed by atoms with van der Waals surface area (Å²) in [4.78, 5) is 23.7. The summed E-state index contributed by atoms with van der Waals surface area (Å²) >= 11 is 7.67. The highest BCUT2D eigenvalue weighted by Gasteiger charge is 2.21. The smallest absolute Gasteiger partial charge is 0.266 e. The Hall–Kier alpha value is -3.10. The van der Waals surface area contributed by atoms with Crippen molar-refractivity contribution in [2.75, 3.05) is 25.2 Å². The van der Waals surface area contributed by atoms with Gasteiger partial charge < -0.3 is 14.0 Å². The zero-order valence-electron chi connectivity index (χ0n) is 17.8. The van der Waals surface area contributed by atoms with E-state index in [9.17, 15) is 4.79 Å². The van der Waals surface area contributed by atoms with Crippen molar-refractivity contribution in [3.05, 3.63) is 65.7 Å². The quantitative estimate of drug-likeness (QED) is 0.345. The summed E-state index contributed by atoms with van der Waals surface area (Å²) in [5.41, 5.74) is 1.84. The highest BCUT2D eigenvalue weighted by molar-refractivity contribution is 7.22. The number of hydrogen-bond acceptors (Lipinski definition) is 6. The van der Waals surface area contributed by atoms with E-state index in [2.05, 4.69) is 4.98 Å². The molecule has 0 saturated heterocycles. The van der Waals surface area contributed by atoms with Crippen LogP contribution in [0, 0.1) is 6.92 Å². The Morgan fingerprint density at radius 1 is 1.22 bits per heavy atom. The van der Waals surface area contributed by atoms with Gasteiger partial charge in [-0.3, -0.25) is 9.69 Å². The molecule has 2 aromatic carbocycles. The van der Waals surface area contributed by atoms with Crippen LogP contribution in [0.1, 0.15) is 12.0 Å². The first-order valence-corrected chi connectivity index (χ1v) is 11.3. The molecular formula is C23H23ClN4O3S. The van der Waals surface area contributed by atoms with Crippen molar-refractivity contribution in [1.82, 2.24) is 14.5 Å². The predicted molar refractivity (Wildman–Crippen MR) is 127 cm³/mol. The van der Waals surface area contributed by atoms with Crippen molar-refractivity contribution >= 4 is 44.2 Å². The van der Waals surface area contributed by atoms with E-state index < -0.39 is 0 Å². The number of aromatic nitrogens is 3. The van der Waals surface area contributed by atoms with Crippen LogP contribution in [0.15, 0.2) is 55.1 Å². The van der Waals surface area contributed by atoms with E-state index in [0.717, 1.165) is 34.5 Å². The standard InChI is InChI=1S/C23H23ClN4O3S/c1-16-12-17(24)13-20-22(16)26-23(32-20)28(10-3-9-27-11-8-25-15-27)21(29)14-31-19-6-4-18(30-2)5-7-19/h4-8,11-13,15H,3,9-10,14H2,1-2H3. The van der Waals surface area contributed by atoms with E-state index in [1.54, 1.807) is 48.8 Å². The minimum atomic E-state index is -0.158. The van der Waals surface area contributed by atoms with Crippen LogP contribution in [0.25, 0.3) is 10.2 Å². The maximum atomic E-state index is 13.2. The highest BCUT2D eigenvalue weighted by atomic mass is 35.5. The third kappa shape index (κ3) is 5.20. The van der Waals surface area contributed by atoms with Crippen LogP contribution < -0.4 is 14.4 Å². The number of imidazole rings is 1. The Balaban J connectivity index is 1.52. The molecule has 2 heterocycles. The second-order valence-corrected chi connectivity index (χ2v) is 8.68. The van der Waals surface area contributed by atoms with Crippen LogP contribution in [-0.2, 0) is 11.3 Å². The zero-order chi connectivity index (χ0) is 22.5. The van der Waals surface area contributed by atoms with Gasteiger partial charge in [0.05, 0.1) is 23.7 Å². The summed E-state index contributed by atoms with van der Waals surface area (Å²) in [6.45, 7) is 3.14. The molecule has 0 saturated carbocycles. The number of benzene rings is 2. The number of anilines is 1. The van der Waals surface area contributed by atoms with E-state index in [-0.39, 0.29) is 12.5 Å². The minimum Gasteiger partial charge on any atom is -0.497 e. The van der Waals surface area contributed by atoms with E-state index in [1.165, 1.54) is 11.3 Å². The van der Waals surface area contributed by atoms with Crippen LogP contribution in [0.3, 0.4) is 0 Å². The molecule has 0 aliphatic carbocycles. The Kier molecular flexibility index (Phi) is 6.92. The first kappa shape index (κ1) is 22.1. The topological polar surface area (TPSA) is 69.5 Å². The van der Waals surface area contributed by atoms with Crippen molar-refractivity contribution < 1.29 is 14.3 Å². The number of nitrogens with zero attached hydrogens (tertiary/aromatic N) is 4. The molecule has 0 radical (unpaired) electrons. The fraction of sp³-hybridized carbons (Fsp3) is 0.261. The number of aryl methyl sites for hydroxylation is 2. The second kappa shape index (κ2) is 10.0. The SMILES string of the molecule is COc1ccc(OCC(=O)N(CCCn2ccnc2)c2nc3c(C)cc(Cl)cc3s2)cc1. The Morgan fingerprint density at radius 2 is 2.00 bits per heavy atom. The summed E-state index contributed by atoms with van der Waals surface area (Å²) in [6, 6.07) is 10.9. The van der Waals surface area contributed by atoms with Crippen LogP contribution >= 0.6 is 22.9 Å². The molecule has 0 unspecified atom stereocenters. The lowest BCUT2D eigenvalue weighted by atomic mass is 10.2. The van der Waals surface area contributed by atoms with Gasteiger partial charge in [-0.2, -0.15) is 0 Å². The van der Waals surface area contributed by atoms with Gasteiger partial charge in [-0.25, -0.2) is 9.97 Å². The molecule has 4 aromatic rings. The average molecular weight is 471 g/mol. The molecule has 4 rings (SSSR count). The van der Waals surface area contributed by atoms with Crippen LogP contribution in [-0.4, -0.2) is 40.7 Å². The number of carbonyl (C=O) groups excluding carboxylic acids is 1. The van der Waals surface area contributed by atoms with Crippen LogP contribution in [0.5, 0.6) is 11.5 Å². The molecule has 0 fully saturated rings. The van der Waals surface area contributed by atoms with Gasteiger partial charge in [-0.05, 0) is 55.3 Å². The maximum absolute atomic E-state index is 13.2. The molecule has 166 valence electrons. The number of amides is 1. The van der Waals surface area contributed by atoms with Crippen LogP contribution in [0.4, 0.5) is 5.13 Å². The number of ether oxygens (including phenoxy) is 2. The fourth-order valence-electron chi connectivity index (χ4n) is 3.31. The number of rotatable bonds is 9. The van der Waals surface area contributed by atoms with Gasteiger partial charge in [0.2, 0.25) is 0 Å². The minimum absolute atomic E-state index is 0.0902. The summed E-state index contributed by atoms with van der Waals surface area (Å²) in [5.74, 6) is 1.17. The third-order valence-corrected chi connectivity index (χ3v) is 6.19. The van der Waals surface area contributed by atoms with Gasteiger partial charge >= 0.3 is 0 Å². The normalized spacial score (nSPS) is 11.0. The van der Waals surface area contributed by atoms with E-state index in [4.69, 9.17) is 26.1 Å². The summed E-state index contributed by atoms with van der Waals surface area (Å²) in [6.07, 6.45) is 6.16. The van der Waals surface area contributed by atoms with Gasteiger partial charge in [0.1, 0.15) is 11.5 Å². The molecule has 0 aliphatic heterocycles. The van der Waals surface area contributed by atoms with Crippen molar-refractivity contribution in [3.63, 3.8) is 0 Å². The van der Waals surface area contributed by atoms with Crippen molar-refractivity contribution in [2.45, 2.75) is 19.9 Å². The first-order chi connectivity index (χ1) is 15.5. The van der Waals surface area contributed by atoms with Gasteiger partial charge in [0.15, 0.2) is 11.7 Å². The molecule has 1 amide bonds. The van der Waals surface area contributed by atoms with E-state index in [0.29, 0.717) is 22.4 Å². The Bertz CT molecular complexity index is 1190. The number of carbonyl (C=O) groups is 1. The first-order valence-electron chi connectivity index (χ1n) is 10.1. The summed E-state index contributed by atoms with van der Waals surface area (Å²) < 4.78 is 13.8. The number of hydrogen-bond donors (Lipinski definition) is 0. The highest BCUT2D eigenvalue weighted by Crippen LogP contribution is 2.33. The fourth-order valence-corrected chi connectivity index (χ4v) is 4.77. The number of thiazole rings is 1. The monoisotopic (exact) mass is 470 g/mol. The number of fused-ring (bicyclic) bond motifs is 1.